The van der Waals surface area contributed by atoms with Crippen LogP contribution in [0.2, 0.25) is 0 Å². The van der Waals surface area contributed by atoms with Crippen molar-refractivity contribution >= 4 is 12.0 Å². The predicted molar refractivity (Wildman–Crippen MR) is 69.8 cm³/mol. The quantitative estimate of drug-likeness (QED) is 0.802. The van der Waals surface area contributed by atoms with E-state index >= 15 is 0 Å². The van der Waals surface area contributed by atoms with E-state index in [-0.39, 0.29) is 6.03 Å². The minimum absolute atomic E-state index is 0.175. The summed E-state index contributed by atoms with van der Waals surface area (Å²) in [5.74, 6) is -0.887. The highest BCUT2D eigenvalue weighted by Crippen LogP contribution is 2.45. The first-order valence-corrected chi connectivity index (χ1v) is 7.36. The molecule has 106 valence electrons. The Labute approximate surface area is 113 Å². The van der Waals surface area contributed by atoms with E-state index in [0.29, 0.717) is 18.3 Å². The van der Waals surface area contributed by atoms with Crippen molar-refractivity contribution < 1.29 is 14.7 Å². The van der Waals surface area contributed by atoms with Crippen molar-refractivity contribution in [2.24, 2.45) is 5.41 Å². The Morgan fingerprint density at radius 1 is 1.00 bits per heavy atom. The first-order valence-electron chi connectivity index (χ1n) is 7.36. The van der Waals surface area contributed by atoms with Crippen LogP contribution >= 0.6 is 0 Å². The highest BCUT2D eigenvalue weighted by Gasteiger charge is 2.48. The monoisotopic (exact) mass is 266 g/mol. The number of hydrogen-bond acceptors (Lipinski definition) is 2. The second-order valence-electron chi connectivity index (χ2n) is 6.55. The summed E-state index contributed by atoms with van der Waals surface area (Å²) in [5, 5.41) is 12.0. The Morgan fingerprint density at radius 3 is 2.21 bits per heavy atom. The van der Waals surface area contributed by atoms with Gasteiger partial charge in [0.05, 0.1) is 0 Å². The third-order valence-electron chi connectivity index (χ3n) is 5.35. The average Bonchev–Trinajstić information content (AvgIpc) is 2.94. The molecule has 1 spiro atoms. The fraction of sp³-hybridized carbons (Fsp3) is 0.857. The first-order chi connectivity index (χ1) is 9.05. The maximum atomic E-state index is 12.2. The van der Waals surface area contributed by atoms with Crippen molar-refractivity contribution in [2.45, 2.75) is 56.9 Å². The Balaban J connectivity index is 1.61. The number of amides is 2. The van der Waals surface area contributed by atoms with Gasteiger partial charge in [-0.15, -0.1) is 0 Å². The maximum Gasteiger partial charge on any atom is 0.329 e. The van der Waals surface area contributed by atoms with Crippen molar-refractivity contribution in [1.82, 2.24) is 10.2 Å². The summed E-state index contributed by atoms with van der Waals surface area (Å²) < 4.78 is 0. The molecular weight excluding hydrogens is 244 g/mol. The number of aliphatic carboxylic acids is 1. The van der Waals surface area contributed by atoms with E-state index in [9.17, 15) is 14.7 Å². The molecule has 1 heterocycles. The fourth-order valence-electron chi connectivity index (χ4n) is 3.85. The topological polar surface area (TPSA) is 69.6 Å². The van der Waals surface area contributed by atoms with E-state index in [4.69, 9.17) is 0 Å². The summed E-state index contributed by atoms with van der Waals surface area (Å²) in [7, 11) is 0. The minimum atomic E-state index is -0.984. The largest absolute Gasteiger partial charge is 0.480 e. The van der Waals surface area contributed by atoms with Gasteiger partial charge in [-0.25, -0.2) is 9.59 Å². The van der Waals surface area contributed by atoms with Crippen molar-refractivity contribution in [2.75, 3.05) is 13.1 Å². The molecule has 3 rings (SSSR count). The Hall–Kier alpha value is -1.26. The zero-order chi connectivity index (χ0) is 13.5. The number of likely N-dealkylation sites (tertiary alicyclic amines) is 1. The van der Waals surface area contributed by atoms with Gasteiger partial charge >= 0.3 is 12.0 Å². The van der Waals surface area contributed by atoms with Crippen LogP contribution in [0.25, 0.3) is 0 Å². The van der Waals surface area contributed by atoms with Crippen LogP contribution in [0, 0.1) is 5.41 Å². The lowest BCUT2D eigenvalue weighted by atomic mass is 9.77. The van der Waals surface area contributed by atoms with E-state index in [1.165, 1.54) is 25.7 Å². The smallest absolute Gasteiger partial charge is 0.329 e. The SMILES string of the molecule is O=C(NC1(C(=O)O)CCC1)N1CCC2(CCCC2)C1. The zero-order valence-corrected chi connectivity index (χ0v) is 11.3. The summed E-state index contributed by atoms with van der Waals surface area (Å²) in [6.45, 7) is 1.59. The molecule has 1 saturated heterocycles. The van der Waals surface area contributed by atoms with Crippen molar-refractivity contribution in [3.05, 3.63) is 0 Å². The lowest BCUT2D eigenvalue weighted by molar-refractivity contribution is -0.148. The van der Waals surface area contributed by atoms with Crippen LogP contribution in [0.3, 0.4) is 0 Å². The number of nitrogens with zero attached hydrogens (tertiary/aromatic N) is 1. The number of carboxylic acid groups (broad SMARTS) is 1. The van der Waals surface area contributed by atoms with Gasteiger partial charge in [0.25, 0.3) is 0 Å². The minimum Gasteiger partial charge on any atom is -0.480 e. The van der Waals surface area contributed by atoms with Gasteiger partial charge < -0.3 is 15.3 Å². The molecule has 1 aliphatic heterocycles. The maximum absolute atomic E-state index is 12.2. The van der Waals surface area contributed by atoms with Gasteiger partial charge in [-0.2, -0.15) is 0 Å². The van der Waals surface area contributed by atoms with Crippen LogP contribution < -0.4 is 5.32 Å². The number of carbonyl (C=O) groups excluding carboxylic acids is 1. The van der Waals surface area contributed by atoms with E-state index in [2.05, 4.69) is 5.32 Å². The summed E-state index contributed by atoms with van der Waals surface area (Å²) in [4.78, 5) is 25.3. The molecule has 2 aliphatic carbocycles. The van der Waals surface area contributed by atoms with Crippen LogP contribution in [0.15, 0.2) is 0 Å². The summed E-state index contributed by atoms with van der Waals surface area (Å²) in [6, 6.07) is -0.175. The lowest BCUT2D eigenvalue weighted by Gasteiger charge is -2.39. The number of carboxylic acids is 1. The first kappa shape index (κ1) is 12.8. The van der Waals surface area contributed by atoms with Crippen LogP contribution in [-0.4, -0.2) is 40.6 Å². The van der Waals surface area contributed by atoms with Gasteiger partial charge in [-0.3, -0.25) is 0 Å². The number of rotatable bonds is 2. The van der Waals surface area contributed by atoms with Gasteiger partial charge in [0.15, 0.2) is 0 Å². The highest BCUT2D eigenvalue weighted by atomic mass is 16.4. The Bertz CT molecular complexity index is 397. The number of nitrogens with one attached hydrogen (secondary N) is 1. The van der Waals surface area contributed by atoms with Gasteiger partial charge in [-0.05, 0) is 43.9 Å². The van der Waals surface area contributed by atoms with Gasteiger partial charge in [-0.1, -0.05) is 12.8 Å². The molecule has 19 heavy (non-hydrogen) atoms. The molecule has 0 unspecified atom stereocenters. The molecular formula is C14H22N2O3. The third kappa shape index (κ3) is 2.09. The van der Waals surface area contributed by atoms with E-state index in [1.54, 1.807) is 0 Å². The van der Waals surface area contributed by atoms with Gasteiger partial charge in [0.2, 0.25) is 0 Å². The van der Waals surface area contributed by atoms with E-state index in [1.807, 2.05) is 4.90 Å². The standard InChI is InChI=1S/C14H22N2O3/c17-11(18)14(6-3-7-14)15-12(19)16-9-8-13(10-16)4-1-2-5-13/h1-10H2,(H,15,19)(H,17,18). The van der Waals surface area contributed by atoms with Crippen LogP contribution in [0.4, 0.5) is 4.79 Å². The summed E-state index contributed by atoms with van der Waals surface area (Å²) in [5.41, 5.74) is -0.643. The van der Waals surface area contributed by atoms with Crippen LogP contribution in [0.1, 0.15) is 51.4 Å². The molecule has 2 saturated carbocycles. The molecule has 0 aromatic heterocycles. The molecule has 0 aromatic carbocycles. The molecule has 0 radical (unpaired) electrons. The molecule has 3 aliphatic rings. The van der Waals surface area contributed by atoms with E-state index in [0.717, 1.165) is 25.9 Å². The third-order valence-corrected chi connectivity index (χ3v) is 5.35. The molecule has 2 amide bonds. The Morgan fingerprint density at radius 2 is 1.68 bits per heavy atom. The molecule has 0 aromatic rings. The fourth-order valence-corrected chi connectivity index (χ4v) is 3.85. The van der Waals surface area contributed by atoms with Crippen molar-refractivity contribution in [3.63, 3.8) is 0 Å². The second kappa shape index (κ2) is 4.39. The van der Waals surface area contributed by atoms with Crippen LogP contribution in [-0.2, 0) is 4.79 Å². The number of hydrogen-bond donors (Lipinski definition) is 2. The molecule has 0 atom stereocenters. The molecule has 2 N–H and O–H groups in total. The highest BCUT2D eigenvalue weighted by molar-refractivity contribution is 5.87. The lowest BCUT2D eigenvalue weighted by Crippen LogP contribution is -2.61. The molecule has 5 heteroatoms. The molecule has 5 nitrogen and oxygen atoms in total. The second-order valence-corrected chi connectivity index (χ2v) is 6.55. The van der Waals surface area contributed by atoms with Crippen molar-refractivity contribution in [1.29, 1.82) is 0 Å². The normalized spacial score (nSPS) is 27.3. The number of urea groups is 1. The Kier molecular flexibility index (Phi) is 2.95. The van der Waals surface area contributed by atoms with Crippen LogP contribution in [0.5, 0.6) is 0 Å². The molecule has 0 bridgehead atoms. The van der Waals surface area contributed by atoms with Gasteiger partial charge in [0, 0.05) is 13.1 Å². The number of carbonyl (C=O) groups is 2. The van der Waals surface area contributed by atoms with Crippen molar-refractivity contribution in [3.8, 4) is 0 Å². The van der Waals surface area contributed by atoms with Gasteiger partial charge in [0.1, 0.15) is 5.54 Å². The predicted octanol–water partition coefficient (Wildman–Crippen LogP) is 1.97. The average molecular weight is 266 g/mol. The summed E-state index contributed by atoms with van der Waals surface area (Å²) >= 11 is 0. The summed E-state index contributed by atoms with van der Waals surface area (Å²) in [6.07, 6.45) is 8.09. The van der Waals surface area contributed by atoms with E-state index < -0.39 is 11.5 Å². The zero-order valence-electron chi connectivity index (χ0n) is 11.3. The molecule has 3 fully saturated rings.